The van der Waals surface area contributed by atoms with Gasteiger partial charge in [0, 0.05) is 11.3 Å². The molecule has 0 spiro atoms. The second kappa shape index (κ2) is 8.64. The smallest absolute Gasteiger partial charge is 0.262 e. The van der Waals surface area contributed by atoms with Crippen molar-refractivity contribution in [2.75, 3.05) is 11.9 Å². The highest BCUT2D eigenvalue weighted by Crippen LogP contribution is 2.26. The Hall–Kier alpha value is -2.14. The van der Waals surface area contributed by atoms with Gasteiger partial charge in [-0.15, -0.1) is 0 Å². The lowest BCUT2D eigenvalue weighted by Crippen LogP contribution is -2.20. The molecule has 5 heteroatoms. The second-order valence-corrected chi connectivity index (χ2v) is 6.34. The zero-order valence-corrected chi connectivity index (χ0v) is 15.4. The molecule has 0 saturated carbocycles. The highest BCUT2D eigenvalue weighted by molar-refractivity contribution is 9.10. The third kappa shape index (κ3) is 5.20. The molecule has 0 aromatic heterocycles. The lowest BCUT2D eigenvalue weighted by atomic mass is 10.1. The predicted molar refractivity (Wildman–Crippen MR) is 98.7 cm³/mol. The maximum absolute atomic E-state index is 12.0. The molecule has 0 heterocycles. The zero-order valence-electron chi connectivity index (χ0n) is 13.8. The molecule has 0 unspecified atom stereocenters. The number of aryl methyl sites for hydroxylation is 1. The number of Topliss-reactive ketones (excluding diaryl/α,β-unsaturated/α-hetero) is 1. The molecule has 1 N–H and O–H groups in total. The lowest BCUT2D eigenvalue weighted by molar-refractivity contribution is -0.118. The summed E-state index contributed by atoms with van der Waals surface area (Å²) in [6.45, 7) is 3.52. The fourth-order valence-corrected chi connectivity index (χ4v) is 2.80. The van der Waals surface area contributed by atoms with Crippen molar-refractivity contribution in [3.8, 4) is 5.75 Å². The van der Waals surface area contributed by atoms with Crippen LogP contribution in [-0.2, 0) is 11.2 Å². The first-order chi connectivity index (χ1) is 11.5. The highest BCUT2D eigenvalue weighted by atomic mass is 79.9. The summed E-state index contributed by atoms with van der Waals surface area (Å²) >= 11 is 3.47. The van der Waals surface area contributed by atoms with Crippen molar-refractivity contribution in [2.24, 2.45) is 0 Å². The number of halogens is 1. The summed E-state index contributed by atoms with van der Waals surface area (Å²) < 4.78 is 6.39. The van der Waals surface area contributed by atoms with Crippen LogP contribution in [0.1, 0.15) is 36.2 Å². The number of carbonyl (C=O) groups is 2. The number of amides is 1. The van der Waals surface area contributed by atoms with Gasteiger partial charge in [-0.3, -0.25) is 9.59 Å². The van der Waals surface area contributed by atoms with Crippen LogP contribution in [0.2, 0.25) is 0 Å². The molecule has 126 valence electrons. The second-order valence-electron chi connectivity index (χ2n) is 5.49. The molecule has 0 aliphatic rings. The molecule has 24 heavy (non-hydrogen) atoms. The minimum atomic E-state index is -0.278. The van der Waals surface area contributed by atoms with E-state index in [2.05, 4.69) is 28.2 Å². The van der Waals surface area contributed by atoms with Gasteiger partial charge in [-0.2, -0.15) is 0 Å². The molecule has 0 aliphatic heterocycles. The van der Waals surface area contributed by atoms with Crippen molar-refractivity contribution < 1.29 is 14.3 Å². The van der Waals surface area contributed by atoms with E-state index in [4.69, 9.17) is 4.74 Å². The number of rotatable bonds is 7. The van der Waals surface area contributed by atoms with E-state index >= 15 is 0 Å². The van der Waals surface area contributed by atoms with E-state index in [1.807, 2.05) is 18.2 Å². The van der Waals surface area contributed by atoms with Gasteiger partial charge in [-0.1, -0.05) is 31.5 Å². The molecule has 1 amide bonds. The summed E-state index contributed by atoms with van der Waals surface area (Å²) in [5.41, 5.74) is 2.36. The van der Waals surface area contributed by atoms with Crippen LogP contribution in [-0.4, -0.2) is 18.3 Å². The zero-order chi connectivity index (χ0) is 17.5. The number of ether oxygens (including phenoxy) is 1. The third-order valence-corrected chi connectivity index (χ3v) is 4.07. The van der Waals surface area contributed by atoms with Crippen molar-refractivity contribution in [2.45, 2.75) is 26.7 Å². The van der Waals surface area contributed by atoms with Crippen molar-refractivity contribution >= 4 is 33.3 Å². The highest BCUT2D eigenvalue weighted by Gasteiger charge is 2.08. The normalized spacial score (nSPS) is 10.3. The van der Waals surface area contributed by atoms with Crippen LogP contribution in [0.25, 0.3) is 0 Å². The molecule has 0 radical (unpaired) electrons. The maximum Gasteiger partial charge on any atom is 0.262 e. The third-order valence-electron chi connectivity index (χ3n) is 3.45. The van der Waals surface area contributed by atoms with E-state index in [0.717, 1.165) is 17.3 Å². The van der Waals surface area contributed by atoms with Gasteiger partial charge in [0.1, 0.15) is 5.75 Å². The molecule has 0 saturated heterocycles. The molecular weight excluding hydrogens is 370 g/mol. The van der Waals surface area contributed by atoms with E-state index in [1.54, 1.807) is 24.3 Å². The van der Waals surface area contributed by atoms with Crippen molar-refractivity contribution in [3.05, 3.63) is 58.1 Å². The van der Waals surface area contributed by atoms with Gasteiger partial charge in [-0.25, -0.2) is 0 Å². The van der Waals surface area contributed by atoms with Gasteiger partial charge in [-0.05, 0) is 59.1 Å². The minimum absolute atomic E-state index is 0.0431. The van der Waals surface area contributed by atoms with E-state index in [-0.39, 0.29) is 18.3 Å². The van der Waals surface area contributed by atoms with Gasteiger partial charge >= 0.3 is 0 Å². The summed E-state index contributed by atoms with van der Waals surface area (Å²) in [4.78, 5) is 23.4. The monoisotopic (exact) mass is 389 g/mol. The number of hydrogen-bond donors (Lipinski definition) is 1. The van der Waals surface area contributed by atoms with Crippen LogP contribution in [0.3, 0.4) is 0 Å². The summed E-state index contributed by atoms with van der Waals surface area (Å²) in [5.74, 6) is 0.307. The van der Waals surface area contributed by atoms with Crippen molar-refractivity contribution in [3.63, 3.8) is 0 Å². The average Bonchev–Trinajstić information content (AvgIpc) is 2.54. The Morgan fingerprint density at radius 2 is 1.96 bits per heavy atom. The Kier molecular flexibility index (Phi) is 6.55. The van der Waals surface area contributed by atoms with Crippen LogP contribution in [0, 0.1) is 0 Å². The molecule has 2 rings (SSSR count). The van der Waals surface area contributed by atoms with Gasteiger partial charge < -0.3 is 10.1 Å². The molecule has 0 fully saturated rings. The average molecular weight is 390 g/mol. The molecule has 2 aromatic rings. The van der Waals surface area contributed by atoms with Crippen LogP contribution in [0.4, 0.5) is 5.69 Å². The quantitative estimate of drug-likeness (QED) is 0.702. The van der Waals surface area contributed by atoms with Crippen LogP contribution >= 0.6 is 15.9 Å². The van der Waals surface area contributed by atoms with E-state index in [1.165, 1.54) is 12.5 Å². The first-order valence-corrected chi connectivity index (χ1v) is 8.61. The Balaban J connectivity index is 1.94. The Morgan fingerprint density at radius 1 is 1.17 bits per heavy atom. The molecular formula is C19H20BrNO3. The van der Waals surface area contributed by atoms with Gasteiger partial charge in [0.25, 0.3) is 5.91 Å². The Labute approximate surface area is 150 Å². The Bertz CT molecular complexity index is 743. The SMILES string of the molecule is CCCc1ccc(OCC(=O)Nc2cccc(C(C)=O)c2)c(Br)c1. The number of hydrogen-bond acceptors (Lipinski definition) is 3. The molecule has 4 nitrogen and oxygen atoms in total. The number of nitrogens with one attached hydrogen (secondary N) is 1. The minimum Gasteiger partial charge on any atom is -0.483 e. The molecule has 0 atom stereocenters. The molecule has 0 bridgehead atoms. The van der Waals surface area contributed by atoms with E-state index in [9.17, 15) is 9.59 Å². The molecule has 0 aliphatic carbocycles. The number of benzene rings is 2. The van der Waals surface area contributed by atoms with Gasteiger partial charge in [0.2, 0.25) is 0 Å². The summed E-state index contributed by atoms with van der Waals surface area (Å²) in [6.07, 6.45) is 2.08. The largest absolute Gasteiger partial charge is 0.483 e. The van der Waals surface area contributed by atoms with Gasteiger partial charge in [0.15, 0.2) is 12.4 Å². The van der Waals surface area contributed by atoms with E-state index < -0.39 is 0 Å². The van der Waals surface area contributed by atoms with Crippen molar-refractivity contribution in [1.82, 2.24) is 0 Å². The number of ketones is 1. The standard InChI is InChI=1S/C19H20BrNO3/c1-3-5-14-8-9-18(17(20)10-14)24-12-19(23)21-16-7-4-6-15(11-16)13(2)22/h4,6-11H,3,5,12H2,1-2H3,(H,21,23). The van der Waals surface area contributed by atoms with Crippen LogP contribution < -0.4 is 10.1 Å². The summed E-state index contributed by atoms with van der Waals surface area (Å²) in [7, 11) is 0. The topological polar surface area (TPSA) is 55.4 Å². The van der Waals surface area contributed by atoms with Gasteiger partial charge in [0.05, 0.1) is 4.47 Å². The van der Waals surface area contributed by atoms with Crippen LogP contribution in [0.5, 0.6) is 5.75 Å². The Morgan fingerprint density at radius 3 is 2.62 bits per heavy atom. The fraction of sp³-hybridized carbons (Fsp3) is 0.263. The predicted octanol–water partition coefficient (Wildman–Crippen LogP) is 4.62. The van der Waals surface area contributed by atoms with Crippen LogP contribution in [0.15, 0.2) is 46.9 Å². The van der Waals surface area contributed by atoms with Crippen molar-refractivity contribution in [1.29, 1.82) is 0 Å². The maximum atomic E-state index is 12.0. The molecule has 2 aromatic carbocycles. The lowest BCUT2D eigenvalue weighted by Gasteiger charge is -2.10. The summed E-state index contributed by atoms with van der Waals surface area (Å²) in [6, 6.07) is 12.7. The fourth-order valence-electron chi connectivity index (χ4n) is 2.26. The number of anilines is 1. The first kappa shape index (κ1) is 18.2. The summed E-state index contributed by atoms with van der Waals surface area (Å²) in [5, 5.41) is 2.73. The van der Waals surface area contributed by atoms with E-state index in [0.29, 0.717) is 17.0 Å². The number of carbonyl (C=O) groups excluding carboxylic acids is 2. The first-order valence-electron chi connectivity index (χ1n) is 7.81.